The predicted octanol–water partition coefficient (Wildman–Crippen LogP) is 2.59. The van der Waals surface area contributed by atoms with Gasteiger partial charge in [-0.05, 0) is 36.3 Å². The lowest BCUT2D eigenvalue weighted by Crippen LogP contribution is -2.65. The van der Waals surface area contributed by atoms with Crippen LogP contribution < -0.4 is 5.73 Å². The second kappa shape index (κ2) is 10.8. The molecule has 2 aromatic carbocycles. The van der Waals surface area contributed by atoms with Crippen LogP contribution in [-0.4, -0.2) is 70.3 Å². The zero-order valence-corrected chi connectivity index (χ0v) is 20.8. The Morgan fingerprint density at radius 1 is 0.917 bits per heavy atom. The molecule has 1 aliphatic carbocycles. The third-order valence-corrected chi connectivity index (χ3v) is 8.10. The van der Waals surface area contributed by atoms with E-state index in [1.807, 2.05) is 53.4 Å². The highest BCUT2D eigenvalue weighted by Crippen LogP contribution is 2.31. The van der Waals surface area contributed by atoms with Crippen molar-refractivity contribution in [2.45, 2.75) is 63.2 Å². The van der Waals surface area contributed by atoms with E-state index < -0.39 is 18.2 Å². The lowest BCUT2D eigenvalue weighted by Gasteiger charge is -2.45. The quantitative estimate of drug-likeness (QED) is 0.649. The summed E-state index contributed by atoms with van der Waals surface area (Å²) in [6.45, 7) is 0.865. The maximum absolute atomic E-state index is 13.7. The van der Waals surface area contributed by atoms with E-state index in [-0.39, 0.29) is 30.2 Å². The molecule has 5 rings (SSSR count). The van der Waals surface area contributed by atoms with Crippen molar-refractivity contribution < 1.29 is 14.4 Å². The summed E-state index contributed by atoms with van der Waals surface area (Å²) in [4.78, 5) is 45.7. The second-order valence-corrected chi connectivity index (χ2v) is 10.4. The van der Waals surface area contributed by atoms with E-state index in [1.54, 1.807) is 9.80 Å². The number of fused-ring (bicyclic) bond motifs is 1. The molecule has 2 aliphatic heterocycles. The summed E-state index contributed by atoms with van der Waals surface area (Å²) in [5.74, 6) is -0.208. The molecule has 3 atom stereocenters. The maximum Gasteiger partial charge on any atom is 0.245 e. The van der Waals surface area contributed by atoms with Gasteiger partial charge in [-0.1, -0.05) is 79.9 Å². The number of rotatable bonds is 7. The molecule has 1 saturated carbocycles. The molecular weight excluding hydrogens is 452 g/mol. The van der Waals surface area contributed by atoms with Crippen molar-refractivity contribution in [3.63, 3.8) is 0 Å². The summed E-state index contributed by atoms with van der Waals surface area (Å²) in [5, 5.41) is 0. The molecular formula is C29H36N4O3. The van der Waals surface area contributed by atoms with Crippen LogP contribution in [0.2, 0.25) is 0 Å². The van der Waals surface area contributed by atoms with Gasteiger partial charge in [0, 0.05) is 13.0 Å². The van der Waals surface area contributed by atoms with Crippen molar-refractivity contribution in [2.75, 3.05) is 19.6 Å². The van der Waals surface area contributed by atoms with E-state index in [1.165, 1.54) is 6.42 Å². The number of hydrogen-bond acceptors (Lipinski definition) is 4. The Balaban J connectivity index is 1.39. The first-order valence-electron chi connectivity index (χ1n) is 13.3. The molecule has 2 N–H and O–H groups in total. The fourth-order valence-corrected chi connectivity index (χ4v) is 6.08. The minimum absolute atomic E-state index is 0.00495. The van der Waals surface area contributed by atoms with Gasteiger partial charge in [0.05, 0.1) is 12.6 Å². The van der Waals surface area contributed by atoms with Crippen molar-refractivity contribution in [3.8, 4) is 0 Å². The highest BCUT2D eigenvalue weighted by molar-refractivity contribution is 5.95. The Morgan fingerprint density at radius 2 is 1.56 bits per heavy atom. The Morgan fingerprint density at radius 3 is 2.22 bits per heavy atom. The van der Waals surface area contributed by atoms with Crippen molar-refractivity contribution in [1.29, 1.82) is 0 Å². The van der Waals surface area contributed by atoms with Crippen LogP contribution in [0.25, 0.3) is 0 Å². The first-order valence-corrected chi connectivity index (χ1v) is 13.3. The zero-order valence-electron chi connectivity index (χ0n) is 20.8. The van der Waals surface area contributed by atoms with Crippen LogP contribution in [0.4, 0.5) is 0 Å². The Labute approximate surface area is 213 Å². The lowest BCUT2D eigenvalue weighted by atomic mass is 9.83. The van der Waals surface area contributed by atoms with E-state index in [9.17, 15) is 14.4 Å². The maximum atomic E-state index is 13.7. The molecule has 2 saturated heterocycles. The normalized spacial score (nSPS) is 23.6. The SMILES string of the molecule is N[C@H](C(=O)N1CC(=O)N2C1CN(CCc1ccccc1)C(=O)[C@@H]2Cc1ccccc1)C1CCCCC1. The molecule has 36 heavy (non-hydrogen) atoms. The minimum atomic E-state index is -0.627. The van der Waals surface area contributed by atoms with Gasteiger partial charge in [0.25, 0.3) is 0 Å². The predicted molar refractivity (Wildman–Crippen MR) is 138 cm³/mol. The molecule has 0 aromatic heterocycles. The largest absolute Gasteiger partial charge is 0.337 e. The molecule has 0 bridgehead atoms. The number of nitrogens with two attached hydrogens (primary N) is 1. The number of amides is 3. The van der Waals surface area contributed by atoms with Crippen molar-refractivity contribution in [1.82, 2.24) is 14.7 Å². The van der Waals surface area contributed by atoms with Crippen molar-refractivity contribution in [2.24, 2.45) is 11.7 Å². The average molecular weight is 489 g/mol. The van der Waals surface area contributed by atoms with E-state index in [0.717, 1.165) is 43.2 Å². The third-order valence-electron chi connectivity index (χ3n) is 8.10. The van der Waals surface area contributed by atoms with Gasteiger partial charge in [0.2, 0.25) is 17.7 Å². The number of carbonyl (C=O) groups is 3. The molecule has 1 unspecified atom stereocenters. The highest BCUT2D eigenvalue weighted by Gasteiger charge is 2.52. The minimum Gasteiger partial charge on any atom is -0.337 e. The van der Waals surface area contributed by atoms with E-state index in [0.29, 0.717) is 19.5 Å². The van der Waals surface area contributed by atoms with Gasteiger partial charge in [0.1, 0.15) is 18.8 Å². The number of piperazine rings is 1. The number of hydrogen-bond donors (Lipinski definition) is 1. The summed E-state index contributed by atoms with van der Waals surface area (Å²) in [6.07, 6.45) is 5.99. The molecule has 190 valence electrons. The molecule has 0 spiro atoms. The van der Waals surface area contributed by atoms with Crippen LogP contribution in [0.5, 0.6) is 0 Å². The Hall–Kier alpha value is -3.19. The molecule has 2 heterocycles. The van der Waals surface area contributed by atoms with Crippen LogP contribution in [0.1, 0.15) is 43.2 Å². The van der Waals surface area contributed by atoms with E-state index in [4.69, 9.17) is 5.73 Å². The number of benzene rings is 2. The monoisotopic (exact) mass is 488 g/mol. The Bertz CT molecular complexity index is 1070. The Kier molecular flexibility index (Phi) is 7.37. The highest BCUT2D eigenvalue weighted by atomic mass is 16.2. The molecule has 0 radical (unpaired) electrons. The number of carbonyl (C=O) groups excluding carboxylic acids is 3. The van der Waals surface area contributed by atoms with Gasteiger partial charge < -0.3 is 20.4 Å². The molecule has 7 nitrogen and oxygen atoms in total. The van der Waals surface area contributed by atoms with Crippen molar-refractivity contribution >= 4 is 17.7 Å². The van der Waals surface area contributed by atoms with E-state index >= 15 is 0 Å². The third kappa shape index (κ3) is 5.03. The summed E-state index contributed by atoms with van der Waals surface area (Å²) in [5.41, 5.74) is 8.64. The fraction of sp³-hybridized carbons (Fsp3) is 0.483. The first-order chi connectivity index (χ1) is 17.5. The lowest BCUT2D eigenvalue weighted by molar-refractivity contribution is -0.156. The molecule has 3 amide bonds. The van der Waals surface area contributed by atoms with E-state index in [2.05, 4.69) is 12.1 Å². The molecule has 7 heteroatoms. The zero-order chi connectivity index (χ0) is 25.1. The van der Waals surface area contributed by atoms with Crippen LogP contribution in [0.3, 0.4) is 0 Å². The average Bonchev–Trinajstić information content (AvgIpc) is 3.25. The van der Waals surface area contributed by atoms with Crippen molar-refractivity contribution in [3.05, 3.63) is 71.8 Å². The number of nitrogens with zero attached hydrogens (tertiary/aromatic N) is 3. The summed E-state index contributed by atoms with van der Waals surface area (Å²) in [7, 11) is 0. The van der Waals surface area contributed by atoms with Gasteiger partial charge in [-0.25, -0.2) is 0 Å². The van der Waals surface area contributed by atoms with Gasteiger partial charge in [-0.2, -0.15) is 0 Å². The van der Waals surface area contributed by atoms with Crippen LogP contribution in [-0.2, 0) is 27.2 Å². The smallest absolute Gasteiger partial charge is 0.245 e. The molecule has 3 fully saturated rings. The molecule has 3 aliphatic rings. The topological polar surface area (TPSA) is 86.9 Å². The van der Waals surface area contributed by atoms with Gasteiger partial charge >= 0.3 is 0 Å². The second-order valence-electron chi connectivity index (χ2n) is 10.4. The first kappa shape index (κ1) is 24.5. The summed E-state index contributed by atoms with van der Waals surface area (Å²) >= 11 is 0. The van der Waals surface area contributed by atoms with Gasteiger partial charge in [-0.15, -0.1) is 0 Å². The van der Waals surface area contributed by atoms with Crippen LogP contribution in [0.15, 0.2) is 60.7 Å². The fourth-order valence-electron chi connectivity index (χ4n) is 6.08. The van der Waals surface area contributed by atoms with Gasteiger partial charge in [-0.3, -0.25) is 14.4 Å². The summed E-state index contributed by atoms with van der Waals surface area (Å²) < 4.78 is 0. The van der Waals surface area contributed by atoms with Gasteiger partial charge in [0.15, 0.2) is 0 Å². The van der Waals surface area contributed by atoms with Crippen LogP contribution in [0, 0.1) is 5.92 Å². The summed E-state index contributed by atoms with van der Waals surface area (Å²) in [6, 6.07) is 18.6. The standard InChI is InChI=1S/C29H36N4O3/c30-27(23-14-8-3-9-15-23)29(36)32-20-26(34)33-24(18-22-12-6-2-7-13-22)28(35)31(19-25(32)33)17-16-21-10-4-1-5-11-21/h1-2,4-7,10-13,23-25,27H,3,8-9,14-20,30H2/t24-,25?,27-/m0/s1. The molecule has 2 aromatic rings. The van der Waals surface area contributed by atoms with Crippen LogP contribution >= 0.6 is 0 Å².